The van der Waals surface area contributed by atoms with Gasteiger partial charge in [0.15, 0.2) is 0 Å². The SMILES string of the molecule is C=C(Cc1cnccn1)N1CCCC(N(N)C(=C)NCc2cc3cc(Cl)ccc3[nH]2)C1. The summed E-state index contributed by atoms with van der Waals surface area (Å²) < 4.78 is 0. The van der Waals surface area contributed by atoms with E-state index in [1.807, 2.05) is 18.2 Å². The van der Waals surface area contributed by atoms with E-state index in [9.17, 15) is 0 Å². The molecule has 4 rings (SSSR count). The van der Waals surface area contributed by atoms with Gasteiger partial charge in [0.2, 0.25) is 0 Å². The van der Waals surface area contributed by atoms with Crippen molar-refractivity contribution in [1.29, 1.82) is 0 Å². The van der Waals surface area contributed by atoms with E-state index in [1.165, 1.54) is 0 Å². The van der Waals surface area contributed by atoms with Crippen LogP contribution in [0.4, 0.5) is 0 Å². The zero-order valence-corrected chi connectivity index (χ0v) is 18.3. The van der Waals surface area contributed by atoms with Gasteiger partial charge in [0.1, 0.15) is 5.82 Å². The summed E-state index contributed by atoms with van der Waals surface area (Å²) in [4.78, 5) is 14.2. The molecule has 0 aliphatic carbocycles. The minimum Gasteiger partial charge on any atom is -0.373 e. The van der Waals surface area contributed by atoms with Crippen molar-refractivity contribution in [1.82, 2.24) is 30.2 Å². The normalized spacial score (nSPS) is 16.3. The fourth-order valence-electron chi connectivity index (χ4n) is 3.98. The summed E-state index contributed by atoms with van der Waals surface area (Å²) in [6.45, 7) is 10.8. The summed E-state index contributed by atoms with van der Waals surface area (Å²) in [6.07, 6.45) is 7.92. The Labute approximate surface area is 187 Å². The van der Waals surface area contributed by atoms with Crippen LogP contribution < -0.4 is 11.2 Å². The van der Waals surface area contributed by atoms with Gasteiger partial charge in [-0.1, -0.05) is 24.8 Å². The lowest BCUT2D eigenvalue weighted by Gasteiger charge is -2.40. The van der Waals surface area contributed by atoms with Crippen LogP contribution in [0.5, 0.6) is 0 Å². The molecule has 3 heterocycles. The average Bonchev–Trinajstić information content (AvgIpc) is 3.19. The predicted octanol–water partition coefficient (Wildman–Crippen LogP) is 3.57. The molecular formula is C23H28ClN7. The van der Waals surface area contributed by atoms with Crippen LogP contribution in [0.1, 0.15) is 24.2 Å². The number of allylic oxidation sites excluding steroid dienone is 1. The quantitative estimate of drug-likeness (QED) is 0.369. The van der Waals surface area contributed by atoms with Crippen molar-refractivity contribution in [2.45, 2.75) is 31.8 Å². The van der Waals surface area contributed by atoms with Crippen molar-refractivity contribution < 1.29 is 0 Å². The van der Waals surface area contributed by atoms with E-state index < -0.39 is 0 Å². The Morgan fingerprint density at radius 1 is 1.32 bits per heavy atom. The number of hydrazine groups is 1. The molecule has 1 fully saturated rings. The van der Waals surface area contributed by atoms with Gasteiger partial charge in [0, 0.05) is 65.4 Å². The standard InChI is InChI=1S/C23H28ClN7/c1-16(10-20-13-26-7-8-27-20)30-9-3-4-22(15-30)31(25)17(2)28-14-21-12-18-11-19(24)5-6-23(18)29-21/h5-8,11-13,22,28-29H,1-4,9-10,14-15,25H2. The molecule has 8 heteroatoms. The Bertz CT molecular complexity index is 1060. The van der Waals surface area contributed by atoms with Crippen LogP contribution in [0.25, 0.3) is 10.9 Å². The maximum atomic E-state index is 6.43. The van der Waals surface area contributed by atoms with E-state index in [-0.39, 0.29) is 6.04 Å². The molecule has 1 aromatic carbocycles. The number of aromatic nitrogens is 3. The molecule has 2 aromatic heterocycles. The molecule has 3 aromatic rings. The number of nitrogens with zero attached hydrogens (tertiary/aromatic N) is 4. The van der Waals surface area contributed by atoms with Gasteiger partial charge in [0.25, 0.3) is 0 Å². The van der Waals surface area contributed by atoms with Crippen LogP contribution in [0.15, 0.2) is 67.5 Å². The molecule has 1 atom stereocenters. The summed E-state index contributed by atoms with van der Waals surface area (Å²) in [5.74, 6) is 7.13. The largest absolute Gasteiger partial charge is 0.373 e. The number of nitrogens with one attached hydrogen (secondary N) is 2. The highest BCUT2D eigenvalue weighted by Crippen LogP contribution is 2.22. The van der Waals surface area contributed by atoms with Gasteiger partial charge in [-0.25, -0.2) is 5.84 Å². The molecule has 1 aliphatic rings. The lowest BCUT2D eigenvalue weighted by molar-refractivity contribution is 0.137. The van der Waals surface area contributed by atoms with E-state index in [0.717, 1.165) is 58.9 Å². The number of halogens is 1. The van der Waals surface area contributed by atoms with Crippen molar-refractivity contribution in [3.63, 3.8) is 0 Å². The Morgan fingerprint density at radius 3 is 3.00 bits per heavy atom. The van der Waals surface area contributed by atoms with E-state index in [4.69, 9.17) is 17.4 Å². The minimum atomic E-state index is 0.161. The summed E-state index contributed by atoms with van der Waals surface area (Å²) >= 11 is 6.08. The number of rotatable bonds is 8. The number of fused-ring (bicyclic) bond motifs is 1. The highest BCUT2D eigenvalue weighted by molar-refractivity contribution is 6.31. The molecule has 0 radical (unpaired) electrons. The molecule has 0 amide bonds. The fourth-order valence-corrected chi connectivity index (χ4v) is 4.16. The maximum Gasteiger partial charge on any atom is 0.109 e. The second-order valence-electron chi connectivity index (χ2n) is 7.92. The molecule has 162 valence electrons. The van der Waals surface area contributed by atoms with Crippen molar-refractivity contribution in [2.24, 2.45) is 5.84 Å². The van der Waals surface area contributed by atoms with Crippen LogP contribution in [0, 0.1) is 0 Å². The summed E-state index contributed by atoms with van der Waals surface area (Å²) in [5.41, 5.74) is 4.06. The number of H-pyrrole nitrogens is 1. The van der Waals surface area contributed by atoms with E-state index in [0.29, 0.717) is 18.8 Å². The number of hydrogen-bond acceptors (Lipinski definition) is 6. The van der Waals surface area contributed by atoms with Gasteiger partial charge in [-0.05, 0) is 37.1 Å². The first-order chi connectivity index (χ1) is 15.0. The van der Waals surface area contributed by atoms with Crippen LogP contribution in [0.2, 0.25) is 5.02 Å². The Hall–Kier alpha value is -3.03. The first kappa shape index (κ1) is 21.2. The third kappa shape index (κ3) is 5.18. The van der Waals surface area contributed by atoms with Crippen molar-refractivity contribution >= 4 is 22.5 Å². The average molecular weight is 438 g/mol. The maximum absolute atomic E-state index is 6.43. The highest BCUT2D eigenvalue weighted by atomic mass is 35.5. The number of benzene rings is 1. The molecule has 1 unspecified atom stereocenters. The zero-order valence-electron chi connectivity index (χ0n) is 17.5. The molecule has 0 saturated carbocycles. The Balaban J connectivity index is 1.31. The second-order valence-corrected chi connectivity index (χ2v) is 8.35. The van der Waals surface area contributed by atoms with Gasteiger partial charge in [-0.2, -0.15) is 0 Å². The van der Waals surface area contributed by atoms with Crippen molar-refractivity contribution in [3.8, 4) is 0 Å². The molecule has 7 nitrogen and oxygen atoms in total. The smallest absolute Gasteiger partial charge is 0.109 e. The first-order valence-electron chi connectivity index (χ1n) is 10.4. The third-order valence-electron chi connectivity index (χ3n) is 5.67. The molecule has 1 saturated heterocycles. The van der Waals surface area contributed by atoms with Crippen LogP contribution in [0.3, 0.4) is 0 Å². The highest BCUT2D eigenvalue weighted by Gasteiger charge is 2.25. The monoisotopic (exact) mass is 437 g/mol. The van der Waals surface area contributed by atoms with Crippen LogP contribution in [-0.2, 0) is 13.0 Å². The molecule has 0 spiro atoms. The van der Waals surface area contributed by atoms with E-state index >= 15 is 0 Å². The lowest BCUT2D eigenvalue weighted by atomic mass is 10.0. The number of aromatic amines is 1. The van der Waals surface area contributed by atoms with Crippen LogP contribution >= 0.6 is 11.6 Å². The van der Waals surface area contributed by atoms with Crippen molar-refractivity contribution in [3.05, 3.63) is 83.9 Å². The number of nitrogens with two attached hydrogens (primary N) is 1. The van der Waals surface area contributed by atoms with Gasteiger partial charge in [-0.15, -0.1) is 0 Å². The van der Waals surface area contributed by atoms with E-state index in [2.05, 4.69) is 44.4 Å². The summed E-state index contributed by atoms with van der Waals surface area (Å²) in [5, 5.41) is 6.90. The molecule has 31 heavy (non-hydrogen) atoms. The molecular weight excluding hydrogens is 410 g/mol. The second kappa shape index (κ2) is 9.41. The van der Waals surface area contributed by atoms with Gasteiger partial charge in [0.05, 0.1) is 18.3 Å². The minimum absolute atomic E-state index is 0.161. The number of hydrogen-bond donors (Lipinski definition) is 3. The topological polar surface area (TPSA) is 86.1 Å². The lowest BCUT2D eigenvalue weighted by Crippen LogP contribution is -2.52. The molecule has 1 aliphatic heterocycles. The first-order valence-corrected chi connectivity index (χ1v) is 10.8. The Morgan fingerprint density at radius 2 is 2.19 bits per heavy atom. The summed E-state index contributed by atoms with van der Waals surface area (Å²) in [7, 11) is 0. The van der Waals surface area contributed by atoms with Gasteiger partial charge in [-0.3, -0.25) is 15.0 Å². The Kier molecular flexibility index (Phi) is 6.44. The van der Waals surface area contributed by atoms with Crippen LogP contribution in [-0.4, -0.2) is 44.0 Å². The van der Waals surface area contributed by atoms with Gasteiger partial charge >= 0.3 is 0 Å². The third-order valence-corrected chi connectivity index (χ3v) is 5.91. The van der Waals surface area contributed by atoms with Gasteiger partial charge < -0.3 is 15.2 Å². The fraction of sp³-hybridized carbons (Fsp3) is 0.304. The number of likely N-dealkylation sites (tertiary alicyclic amines) is 1. The molecule has 4 N–H and O–H groups in total. The van der Waals surface area contributed by atoms with Crippen molar-refractivity contribution in [2.75, 3.05) is 13.1 Å². The zero-order chi connectivity index (χ0) is 21.8. The number of piperidine rings is 1. The van der Waals surface area contributed by atoms with E-state index in [1.54, 1.807) is 23.6 Å². The molecule has 0 bridgehead atoms. The predicted molar refractivity (Wildman–Crippen MR) is 125 cm³/mol. The summed E-state index contributed by atoms with van der Waals surface area (Å²) in [6, 6.07) is 8.06.